The molecule has 0 aliphatic heterocycles. The Morgan fingerprint density at radius 1 is 1.27 bits per heavy atom. The molecule has 1 aromatic carbocycles. The number of aryl methyl sites for hydroxylation is 1. The molecule has 1 aromatic heterocycles. The smallest absolute Gasteiger partial charge is 0.325 e. The van der Waals surface area contributed by atoms with Crippen LogP contribution in [0.25, 0.3) is 11.1 Å². The molecule has 0 unspecified atom stereocenters. The Hall–Kier alpha value is -1.92. The SMILES string of the molecule is CC(C)(O)CCc1[nH]c(=O)[nH]c(=O)c1-c1ccc(F)c(Cl)c1. The van der Waals surface area contributed by atoms with Crippen molar-refractivity contribution in [2.75, 3.05) is 0 Å². The number of hydrogen-bond donors (Lipinski definition) is 3. The highest BCUT2D eigenvalue weighted by Gasteiger charge is 2.17. The van der Waals surface area contributed by atoms with Crippen LogP contribution in [0.1, 0.15) is 26.0 Å². The molecule has 0 atom stereocenters. The maximum atomic E-state index is 13.3. The molecular formula is C15H16ClFN2O3. The number of nitrogens with one attached hydrogen (secondary N) is 2. The zero-order chi connectivity index (χ0) is 16.5. The van der Waals surface area contributed by atoms with Crippen LogP contribution >= 0.6 is 11.6 Å². The minimum atomic E-state index is -0.947. The van der Waals surface area contributed by atoms with Crippen molar-refractivity contribution in [2.24, 2.45) is 0 Å². The Balaban J connectivity index is 2.56. The molecule has 0 bridgehead atoms. The summed E-state index contributed by atoms with van der Waals surface area (Å²) in [6.45, 7) is 3.26. The van der Waals surface area contributed by atoms with Gasteiger partial charge >= 0.3 is 5.69 Å². The van der Waals surface area contributed by atoms with Crippen LogP contribution in [-0.2, 0) is 6.42 Å². The first-order valence-electron chi connectivity index (χ1n) is 6.70. The van der Waals surface area contributed by atoms with E-state index < -0.39 is 22.7 Å². The highest BCUT2D eigenvalue weighted by Crippen LogP contribution is 2.25. The number of rotatable bonds is 4. The zero-order valence-electron chi connectivity index (χ0n) is 12.2. The molecule has 0 fully saturated rings. The maximum Gasteiger partial charge on any atom is 0.325 e. The predicted molar refractivity (Wildman–Crippen MR) is 82.7 cm³/mol. The molecule has 3 N–H and O–H groups in total. The molecule has 22 heavy (non-hydrogen) atoms. The topological polar surface area (TPSA) is 85.9 Å². The highest BCUT2D eigenvalue weighted by molar-refractivity contribution is 6.31. The number of aromatic amines is 2. The van der Waals surface area contributed by atoms with Crippen LogP contribution < -0.4 is 11.2 Å². The quantitative estimate of drug-likeness (QED) is 0.805. The first kappa shape index (κ1) is 16.5. The number of aliphatic hydroxyl groups is 1. The Kier molecular flexibility index (Phi) is 4.53. The van der Waals surface area contributed by atoms with Crippen molar-refractivity contribution in [3.63, 3.8) is 0 Å². The summed E-state index contributed by atoms with van der Waals surface area (Å²) in [7, 11) is 0. The van der Waals surface area contributed by atoms with Crippen LogP contribution in [0.2, 0.25) is 5.02 Å². The van der Waals surface area contributed by atoms with Gasteiger partial charge in [-0.3, -0.25) is 9.78 Å². The van der Waals surface area contributed by atoms with Gasteiger partial charge in [0.15, 0.2) is 0 Å². The third kappa shape index (κ3) is 3.84. The van der Waals surface area contributed by atoms with Gasteiger partial charge in [0.2, 0.25) is 0 Å². The van der Waals surface area contributed by atoms with E-state index in [1.54, 1.807) is 13.8 Å². The van der Waals surface area contributed by atoms with Crippen LogP contribution in [-0.4, -0.2) is 20.7 Å². The summed E-state index contributed by atoms with van der Waals surface area (Å²) in [5.74, 6) is -0.593. The van der Waals surface area contributed by atoms with Gasteiger partial charge in [0.1, 0.15) is 5.82 Å². The van der Waals surface area contributed by atoms with E-state index in [2.05, 4.69) is 9.97 Å². The van der Waals surface area contributed by atoms with Crippen LogP contribution in [0.5, 0.6) is 0 Å². The van der Waals surface area contributed by atoms with Gasteiger partial charge in [-0.25, -0.2) is 9.18 Å². The second-order valence-corrected chi connectivity index (χ2v) is 6.11. The second-order valence-electron chi connectivity index (χ2n) is 5.70. The molecule has 1 heterocycles. The number of hydrogen-bond acceptors (Lipinski definition) is 3. The van der Waals surface area contributed by atoms with Crippen molar-refractivity contribution in [1.82, 2.24) is 9.97 Å². The lowest BCUT2D eigenvalue weighted by molar-refractivity contribution is 0.0711. The average Bonchev–Trinajstić information content (AvgIpc) is 2.38. The molecule has 2 rings (SSSR count). The highest BCUT2D eigenvalue weighted by atomic mass is 35.5. The first-order chi connectivity index (χ1) is 10.2. The van der Waals surface area contributed by atoms with Crippen molar-refractivity contribution in [2.45, 2.75) is 32.3 Å². The molecule has 7 heteroatoms. The molecule has 0 saturated heterocycles. The Morgan fingerprint density at radius 3 is 2.55 bits per heavy atom. The molecule has 2 aromatic rings. The van der Waals surface area contributed by atoms with E-state index in [9.17, 15) is 19.1 Å². The minimum Gasteiger partial charge on any atom is -0.390 e. The number of H-pyrrole nitrogens is 2. The van der Waals surface area contributed by atoms with E-state index in [0.717, 1.165) is 6.07 Å². The van der Waals surface area contributed by atoms with Crippen LogP contribution in [0.3, 0.4) is 0 Å². The number of halogens is 2. The van der Waals surface area contributed by atoms with E-state index in [1.807, 2.05) is 0 Å². The summed E-state index contributed by atoms with van der Waals surface area (Å²) in [5, 5.41) is 9.70. The van der Waals surface area contributed by atoms with Crippen LogP contribution in [0.4, 0.5) is 4.39 Å². The van der Waals surface area contributed by atoms with E-state index in [4.69, 9.17) is 11.6 Å². The lowest BCUT2D eigenvalue weighted by Crippen LogP contribution is -2.27. The first-order valence-corrected chi connectivity index (χ1v) is 7.08. The van der Waals surface area contributed by atoms with Crippen molar-refractivity contribution >= 4 is 11.6 Å². The zero-order valence-corrected chi connectivity index (χ0v) is 12.9. The lowest BCUT2D eigenvalue weighted by atomic mass is 9.97. The molecule has 5 nitrogen and oxygen atoms in total. The predicted octanol–water partition coefficient (Wildman–Crippen LogP) is 2.23. The molecule has 0 aliphatic carbocycles. The summed E-state index contributed by atoms with van der Waals surface area (Å²) >= 11 is 5.75. The largest absolute Gasteiger partial charge is 0.390 e. The second kappa shape index (κ2) is 6.06. The van der Waals surface area contributed by atoms with Gasteiger partial charge in [-0.2, -0.15) is 0 Å². The van der Waals surface area contributed by atoms with Gasteiger partial charge in [0.25, 0.3) is 5.56 Å². The Bertz CT molecular complexity index is 806. The van der Waals surface area contributed by atoms with Gasteiger partial charge in [-0.05, 0) is 44.4 Å². The number of benzene rings is 1. The normalized spacial score (nSPS) is 11.7. The standard InChI is InChI=1S/C15H16ClFN2O3/c1-15(2,22)6-5-11-12(13(20)19-14(21)18-11)8-3-4-10(17)9(16)7-8/h3-4,7,22H,5-6H2,1-2H3,(H2,18,19,20,21). The Labute approximate surface area is 130 Å². The molecular weight excluding hydrogens is 311 g/mol. The van der Waals surface area contributed by atoms with Crippen molar-refractivity contribution in [1.29, 1.82) is 0 Å². The van der Waals surface area contributed by atoms with Crippen LogP contribution in [0.15, 0.2) is 27.8 Å². The summed E-state index contributed by atoms with van der Waals surface area (Å²) in [6, 6.07) is 3.90. The van der Waals surface area contributed by atoms with Gasteiger partial charge in [-0.1, -0.05) is 17.7 Å². The van der Waals surface area contributed by atoms with Gasteiger partial charge in [0.05, 0.1) is 16.2 Å². The third-order valence-corrected chi connectivity index (χ3v) is 3.51. The fourth-order valence-electron chi connectivity index (χ4n) is 2.11. The summed E-state index contributed by atoms with van der Waals surface area (Å²) in [4.78, 5) is 28.3. The molecule has 0 amide bonds. The van der Waals surface area contributed by atoms with Crippen molar-refractivity contribution in [3.8, 4) is 11.1 Å². The fraction of sp³-hybridized carbons (Fsp3) is 0.333. The van der Waals surface area contributed by atoms with E-state index in [0.29, 0.717) is 17.7 Å². The van der Waals surface area contributed by atoms with Gasteiger partial charge in [-0.15, -0.1) is 0 Å². The summed E-state index contributed by atoms with van der Waals surface area (Å²) in [6.07, 6.45) is 0.626. The number of aromatic nitrogens is 2. The summed E-state index contributed by atoms with van der Waals surface area (Å²) in [5.41, 5.74) is -1.18. The molecule has 118 valence electrons. The van der Waals surface area contributed by atoms with Gasteiger partial charge in [0, 0.05) is 5.69 Å². The Morgan fingerprint density at radius 2 is 1.95 bits per heavy atom. The van der Waals surface area contributed by atoms with Crippen LogP contribution in [0, 0.1) is 5.82 Å². The maximum absolute atomic E-state index is 13.3. The van der Waals surface area contributed by atoms with Crippen molar-refractivity contribution < 1.29 is 9.50 Å². The summed E-state index contributed by atoms with van der Waals surface area (Å²) < 4.78 is 13.3. The minimum absolute atomic E-state index is 0.114. The average molecular weight is 327 g/mol. The monoisotopic (exact) mass is 326 g/mol. The van der Waals surface area contributed by atoms with E-state index >= 15 is 0 Å². The fourth-order valence-corrected chi connectivity index (χ4v) is 2.29. The molecule has 0 spiro atoms. The van der Waals surface area contributed by atoms with Gasteiger partial charge < -0.3 is 10.1 Å². The van der Waals surface area contributed by atoms with Crippen molar-refractivity contribution in [3.05, 3.63) is 55.6 Å². The molecule has 0 radical (unpaired) electrons. The molecule has 0 aliphatic rings. The molecule has 0 saturated carbocycles. The van der Waals surface area contributed by atoms with E-state index in [-0.39, 0.29) is 17.0 Å². The van der Waals surface area contributed by atoms with E-state index in [1.165, 1.54) is 12.1 Å². The third-order valence-electron chi connectivity index (χ3n) is 3.22. The lowest BCUT2D eigenvalue weighted by Gasteiger charge is -2.17.